The van der Waals surface area contributed by atoms with Crippen molar-refractivity contribution in [1.29, 1.82) is 0 Å². The van der Waals surface area contributed by atoms with Crippen LogP contribution in [0.5, 0.6) is 0 Å². The summed E-state index contributed by atoms with van der Waals surface area (Å²) < 4.78 is 6.56. The number of aliphatic hydroxyl groups is 1. The van der Waals surface area contributed by atoms with E-state index < -0.39 is 18.6 Å². The Morgan fingerprint density at radius 1 is 2.14 bits per heavy atom. The Kier molecular flexibility index (Phi) is 1.65. The smallest absolute Gasteiger partial charge is 0.322 e. The summed E-state index contributed by atoms with van der Waals surface area (Å²) in [6, 6.07) is -2.24. The SMILES string of the molecule is [2H][C@@](N)(CO)C(=O)O. The zero-order valence-electron chi connectivity index (χ0n) is 4.59. The lowest BCUT2D eigenvalue weighted by Crippen LogP contribution is -2.33. The molecule has 0 aliphatic heterocycles. The van der Waals surface area contributed by atoms with Crippen molar-refractivity contribution in [3.63, 3.8) is 0 Å². The van der Waals surface area contributed by atoms with E-state index in [4.69, 9.17) is 11.6 Å². The van der Waals surface area contributed by atoms with Crippen molar-refractivity contribution in [2.45, 2.75) is 6.02 Å². The predicted molar refractivity (Wildman–Crippen MR) is 22.7 cm³/mol. The van der Waals surface area contributed by atoms with Crippen molar-refractivity contribution < 1.29 is 16.4 Å². The Morgan fingerprint density at radius 2 is 2.57 bits per heavy atom. The van der Waals surface area contributed by atoms with E-state index in [0.717, 1.165) is 0 Å². The Hall–Kier alpha value is -0.610. The molecule has 0 saturated heterocycles. The van der Waals surface area contributed by atoms with Gasteiger partial charge in [0.15, 0.2) is 0 Å². The van der Waals surface area contributed by atoms with Gasteiger partial charge in [-0.1, -0.05) is 0 Å². The van der Waals surface area contributed by atoms with Crippen molar-refractivity contribution >= 4 is 5.97 Å². The molecule has 0 amide bonds. The minimum Gasteiger partial charge on any atom is -0.480 e. The predicted octanol–water partition coefficient (Wildman–Crippen LogP) is -1.61. The van der Waals surface area contributed by atoms with Gasteiger partial charge in [0.2, 0.25) is 0 Å². The first-order chi connectivity index (χ1) is 3.50. The van der Waals surface area contributed by atoms with Gasteiger partial charge >= 0.3 is 5.97 Å². The lowest BCUT2D eigenvalue weighted by atomic mass is 10.3. The third kappa shape index (κ3) is 2.13. The van der Waals surface area contributed by atoms with Crippen LogP contribution in [0.25, 0.3) is 0 Å². The lowest BCUT2D eigenvalue weighted by Gasteiger charge is -1.96. The molecule has 0 spiro atoms. The molecule has 1 atom stereocenters. The third-order valence-electron chi connectivity index (χ3n) is 0.445. The Balaban J connectivity index is 3.91. The average molecular weight is 106 g/mol. The number of rotatable bonds is 2. The van der Waals surface area contributed by atoms with Gasteiger partial charge in [-0.25, -0.2) is 0 Å². The van der Waals surface area contributed by atoms with Crippen LogP contribution in [0.2, 0.25) is 0 Å². The molecule has 0 saturated carbocycles. The number of carboxylic acids is 1. The minimum absolute atomic E-state index is 0.873. The molecule has 0 fully saturated rings. The summed E-state index contributed by atoms with van der Waals surface area (Å²) in [6.45, 7) is -0.873. The van der Waals surface area contributed by atoms with Crippen molar-refractivity contribution in [1.82, 2.24) is 0 Å². The van der Waals surface area contributed by atoms with E-state index >= 15 is 0 Å². The van der Waals surface area contributed by atoms with Crippen molar-refractivity contribution in [3.05, 3.63) is 0 Å². The summed E-state index contributed by atoms with van der Waals surface area (Å²) in [4.78, 5) is 9.78. The van der Waals surface area contributed by atoms with Gasteiger partial charge in [0.1, 0.15) is 6.02 Å². The second kappa shape index (κ2) is 2.54. The van der Waals surface area contributed by atoms with E-state index in [0.29, 0.717) is 0 Å². The van der Waals surface area contributed by atoms with Gasteiger partial charge in [-0.15, -0.1) is 0 Å². The number of aliphatic carboxylic acids is 1. The van der Waals surface area contributed by atoms with Gasteiger partial charge in [0.25, 0.3) is 0 Å². The standard InChI is InChI=1S/C3H7NO3/c4-2(1-5)3(6)7/h2,5H,1,4H2,(H,6,7)/t2-/m1/s1/i2D. The van der Waals surface area contributed by atoms with Crippen molar-refractivity contribution in [2.75, 3.05) is 6.61 Å². The summed E-state index contributed by atoms with van der Waals surface area (Å²) in [5.41, 5.74) is 4.68. The number of carbonyl (C=O) groups is 1. The lowest BCUT2D eigenvalue weighted by molar-refractivity contribution is -0.139. The quantitative estimate of drug-likeness (QED) is 0.395. The highest BCUT2D eigenvalue weighted by molar-refractivity contribution is 5.73. The normalized spacial score (nSPS) is 20.0. The zero-order chi connectivity index (χ0) is 6.78. The number of aliphatic hydroxyl groups excluding tert-OH is 1. The van der Waals surface area contributed by atoms with Crippen LogP contribution < -0.4 is 5.73 Å². The fraction of sp³-hybridized carbons (Fsp3) is 0.667. The van der Waals surface area contributed by atoms with Gasteiger partial charge in [0.05, 0.1) is 7.98 Å². The molecule has 0 heterocycles. The second-order valence-corrected chi connectivity index (χ2v) is 0.989. The monoisotopic (exact) mass is 106 g/mol. The van der Waals surface area contributed by atoms with Crippen LogP contribution in [0.1, 0.15) is 1.37 Å². The minimum atomic E-state index is -2.24. The van der Waals surface area contributed by atoms with Crippen molar-refractivity contribution in [2.24, 2.45) is 5.73 Å². The van der Waals surface area contributed by atoms with Crippen LogP contribution in [0.3, 0.4) is 0 Å². The molecular weight excluding hydrogens is 98.0 g/mol. The maximum Gasteiger partial charge on any atom is 0.322 e. The van der Waals surface area contributed by atoms with E-state index in [9.17, 15) is 4.79 Å². The molecule has 0 unspecified atom stereocenters. The van der Waals surface area contributed by atoms with Crippen molar-refractivity contribution in [3.8, 4) is 0 Å². The molecular formula is C3H7NO3. The Morgan fingerprint density at radius 3 is 2.57 bits per heavy atom. The van der Waals surface area contributed by atoms with E-state index in [-0.39, 0.29) is 0 Å². The molecule has 0 aromatic rings. The molecule has 0 bridgehead atoms. The molecule has 4 nitrogen and oxygen atoms in total. The van der Waals surface area contributed by atoms with Gasteiger partial charge in [-0.2, -0.15) is 0 Å². The number of hydrogen-bond donors (Lipinski definition) is 3. The second-order valence-electron chi connectivity index (χ2n) is 0.989. The average Bonchev–Trinajstić information content (AvgIpc) is 1.67. The fourth-order valence-corrected chi connectivity index (χ4v) is 0.0676. The largest absolute Gasteiger partial charge is 0.480 e. The number of nitrogens with two attached hydrogens (primary N) is 1. The maximum atomic E-state index is 9.78. The maximum absolute atomic E-state index is 9.78. The fourth-order valence-electron chi connectivity index (χ4n) is 0.0676. The van der Waals surface area contributed by atoms with Crippen LogP contribution in [-0.4, -0.2) is 28.8 Å². The Bertz CT molecular complexity index is 103. The molecule has 0 radical (unpaired) electrons. The summed E-state index contributed by atoms with van der Waals surface area (Å²) in [5, 5.41) is 16.0. The molecule has 0 aliphatic rings. The van der Waals surface area contributed by atoms with Gasteiger partial charge in [-0.05, 0) is 0 Å². The summed E-state index contributed by atoms with van der Waals surface area (Å²) in [7, 11) is 0. The zero-order valence-corrected chi connectivity index (χ0v) is 3.59. The highest BCUT2D eigenvalue weighted by Gasteiger charge is 2.06. The van der Waals surface area contributed by atoms with Gasteiger partial charge in [-0.3, -0.25) is 4.79 Å². The van der Waals surface area contributed by atoms with E-state index in [2.05, 4.69) is 5.73 Å². The van der Waals surface area contributed by atoms with Crippen LogP contribution in [-0.2, 0) is 4.79 Å². The summed E-state index contributed by atoms with van der Waals surface area (Å²) in [6.07, 6.45) is 0. The first-order valence-electron chi connectivity index (χ1n) is 2.14. The number of hydrogen-bond acceptors (Lipinski definition) is 3. The molecule has 0 aromatic heterocycles. The van der Waals surface area contributed by atoms with Gasteiger partial charge < -0.3 is 15.9 Å². The molecule has 42 valence electrons. The van der Waals surface area contributed by atoms with Crippen LogP contribution >= 0.6 is 0 Å². The van der Waals surface area contributed by atoms with E-state index in [1.807, 2.05) is 0 Å². The molecule has 4 N–H and O–H groups in total. The number of carboxylic acid groups (broad SMARTS) is 1. The first-order valence-corrected chi connectivity index (χ1v) is 1.64. The molecule has 0 aliphatic carbocycles. The van der Waals surface area contributed by atoms with Crippen LogP contribution in [0.4, 0.5) is 0 Å². The molecule has 0 aromatic carbocycles. The highest BCUT2D eigenvalue weighted by atomic mass is 16.4. The Labute approximate surface area is 42.0 Å². The molecule has 0 rings (SSSR count). The molecule has 4 heteroatoms. The van der Waals surface area contributed by atoms with Gasteiger partial charge in [0, 0.05) is 0 Å². The topological polar surface area (TPSA) is 83.5 Å². The van der Waals surface area contributed by atoms with Crippen LogP contribution in [0.15, 0.2) is 0 Å². The van der Waals surface area contributed by atoms with E-state index in [1.165, 1.54) is 0 Å². The summed E-state index contributed by atoms with van der Waals surface area (Å²) in [5.74, 6) is -1.53. The van der Waals surface area contributed by atoms with E-state index in [1.54, 1.807) is 0 Å². The third-order valence-corrected chi connectivity index (χ3v) is 0.445. The highest BCUT2D eigenvalue weighted by Crippen LogP contribution is 1.71. The first kappa shape index (κ1) is 4.55. The molecule has 7 heavy (non-hydrogen) atoms. The van der Waals surface area contributed by atoms with Crippen LogP contribution in [0, 0.1) is 0 Å². The summed E-state index contributed by atoms with van der Waals surface area (Å²) >= 11 is 0.